The van der Waals surface area contributed by atoms with Crippen molar-refractivity contribution in [2.75, 3.05) is 120 Å². The smallest absolute Gasteiger partial charge is 0.104 e. The molecule has 0 aliphatic carbocycles. The molecule has 0 fully saturated rings. The Morgan fingerprint density at radius 2 is 0.651 bits per heavy atom. The van der Waals surface area contributed by atoms with Gasteiger partial charge in [-0.3, -0.25) is 0 Å². The van der Waals surface area contributed by atoms with E-state index in [0.717, 1.165) is 0 Å². The Labute approximate surface area is 252 Å². The largest absolute Gasteiger partial charge is 0.394 e. The lowest BCUT2D eigenvalue weighted by Crippen LogP contribution is -2.36. The summed E-state index contributed by atoms with van der Waals surface area (Å²) in [6.45, 7) is -2.11. The quantitative estimate of drug-likeness (QED) is 0.0345. The lowest BCUT2D eigenvalue weighted by atomic mass is 10.3. The Kier molecular flexibility index (Phi) is 28.3. The van der Waals surface area contributed by atoms with E-state index in [4.69, 9.17) is 42.6 Å². The van der Waals surface area contributed by atoms with Crippen LogP contribution < -0.4 is 0 Å². The predicted octanol–water partition coefficient (Wildman–Crippen LogP) is -4.72. The lowest BCUT2D eigenvalue weighted by Gasteiger charge is -2.24. The molecule has 0 aliphatic rings. The fourth-order valence-electron chi connectivity index (χ4n) is 3.18. The first kappa shape index (κ1) is 42.3. The third kappa shape index (κ3) is 25.2. The van der Waals surface area contributed by atoms with Gasteiger partial charge in [-0.25, -0.2) is 0 Å². The van der Waals surface area contributed by atoms with Crippen LogP contribution in [0.5, 0.6) is 0 Å². The molecular formula is C26H54O17. The molecule has 0 radical (unpaired) electrons. The van der Waals surface area contributed by atoms with E-state index in [9.17, 15) is 40.9 Å². The summed E-state index contributed by atoms with van der Waals surface area (Å²) in [5, 5.41) is 77.2. The van der Waals surface area contributed by atoms with E-state index in [2.05, 4.69) is 0 Å². The molecule has 17 nitrogen and oxygen atoms in total. The molecule has 260 valence electrons. The molecular weight excluding hydrogens is 584 g/mol. The number of hydrogen-bond donors (Lipinski definition) is 8. The summed E-state index contributed by atoms with van der Waals surface area (Å²) in [6.07, 6.45) is -7.05. The van der Waals surface area contributed by atoms with Crippen molar-refractivity contribution in [3.8, 4) is 0 Å². The molecule has 0 rings (SSSR count). The van der Waals surface area contributed by atoms with Crippen molar-refractivity contribution in [3.05, 3.63) is 0 Å². The van der Waals surface area contributed by atoms with Gasteiger partial charge < -0.3 is 83.5 Å². The second-order valence-electron chi connectivity index (χ2n) is 9.74. The van der Waals surface area contributed by atoms with E-state index in [-0.39, 0.29) is 85.9 Å². The second kappa shape index (κ2) is 28.8. The van der Waals surface area contributed by atoms with Crippen LogP contribution in [0.25, 0.3) is 0 Å². The van der Waals surface area contributed by atoms with Gasteiger partial charge in [-0.15, -0.1) is 0 Å². The van der Waals surface area contributed by atoms with Crippen LogP contribution in [0, 0.1) is 0 Å². The molecule has 0 aromatic carbocycles. The van der Waals surface area contributed by atoms with E-state index < -0.39 is 68.7 Å². The maximum Gasteiger partial charge on any atom is 0.104 e. The fraction of sp³-hybridized carbons (Fsp3) is 1.00. The van der Waals surface area contributed by atoms with Crippen molar-refractivity contribution in [2.45, 2.75) is 48.8 Å². The fourth-order valence-corrected chi connectivity index (χ4v) is 3.18. The molecule has 0 saturated heterocycles. The summed E-state index contributed by atoms with van der Waals surface area (Å²) in [5.41, 5.74) is 0. The van der Waals surface area contributed by atoms with Gasteiger partial charge in [-0.05, 0) is 0 Å². The molecule has 0 aromatic rings. The topological polar surface area (TPSA) is 245 Å². The average molecular weight is 639 g/mol. The highest BCUT2D eigenvalue weighted by Crippen LogP contribution is 2.04. The lowest BCUT2D eigenvalue weighted by molar-refractivity contribution is -0.130. The van der Waals surface area contributed by atoms with Gasteiger partial charge in [0.05, 0.1) is 106 Å². The first-order valence-corrected chi connectivity index (χ1v) is 14.0. The zero-order valence-corrected chi connectivity index (χ0v) is 25.2. The molecule has 0 amide bonds. The summed E-state index contributed by atoms with van der Waals surface area (Å²) in [5.74, 6) is 0. The highest BCUT2D eigenvalue weighted by Gasteiger charge is 2.19. The van der Waals surface area contributed by atoms with Crippen LogP contribution in [0.15, 0.2) is 0 Å². The molecule has 0 saturated carbocycles. The molecule has 0 heterocycles. The standard InChI is InChI=1S/C26H54O17/c1-35-6-19(30)8-37-10-21(32)11-39-13-23(34)15-42-26(18-43-24(3-27)4-28)17-40-16-25(5-29)41-14-22(33)12-38-9-20(31)7-36-2/h19-34H,3-18H2,1-2H3. The summed E-state index contributed by atoms with van der Waals surface area (Å²) >= 11 is 0. The van der Waals surface area contributed by atoms with Crippen LogP contribution in [0.1, 0.15) is 0 Å². The highest BCUT2D eigenvalue weighted by molar-refractivity contribution is 4.65. The first-order valence-electron chi connectivity index (χ1n) is 14.0. The minimum atomic E-state index is -1.07. The monoisotopic (exact) mass is 638 g/mol. The molecule has 8 N–H and O–H groups in total. The molecule has 43 heavy (non-hydrogen) atoms. The molecule has 0 aliphatic heterocycles. The molecule has 17 heteroatoms. The minimum Gasteiger partial charge on any atom is -0.394 e. The summed E-state index contributed by atoms with van der Waals surface area (Å²) in [7, 11) is 2.89. The van der Waals surface area contributed by atoms with E-state index >= 15 is 0 Å². The van der Waals surface area contributed by atoms with E-state index in [1.807, 2.05) is 0 Å². The second-order valence-corrected chi connectivity index (χ2v) is 9.74. The number of hydrogen-bond acceptors (Lipinski definition) is 17. The van der Waals surface area contributed by atoms with Crippen molar-refractivity contribution in [2.24, 2.45) is 0 Å². The Balaban J connectivity index is 4.46. The zero-order chi connectivity index (χ0) is 32.3. The van der Waals surface area contributed by atoms with Gasteiger partial charge in [-0.2, -0.15) is 0 Å². The van der Waals surface area contributed by atoms with Crippen LogP contribution in [0.4, 0.5) is 0 Å². The number of ether oxygens (including phenoxy) is 9. The molecule has 0 aromatic heterocycles. The molecule has 0 bridgehead atoms. The van der Waals surface area contributed by atoms with Gasteiger partial charge in [0.1, 0.15) is 48.8 Å². The average Bonchev–Trinajstić information content (AvgIpc) is 2.97. The molecule has 7 atom stereocenters. The van der Waals surface area contributed by atoms with Gasteiger partial charge >= 0.3 is 0 Å². The van der Waals surface area contributed by atoms with E-state index in [0.29, 0.717) is 0 Å². The number of rotatable bonds is 32. The van der Waals surface area contributed by atoms with Gasteiger partial charge in [-0.1, -0.05) is 0 Å². The molecule has 0 spiro atoms. The van der Waals surface area contributed by atoms with Crippen LogP contribution >= 0.6 is 0 Å². The van der Waals surface area contributed by atoms with E-state index in [1.165, 1.54) is 14.2 Å². The first-order chi connectivity index (χ1) is 20.7. The van der Waals surface area contributed by atoms with Gasteiger partial charge in [0.15, 0.2) is 0 Å². The Hall–Kier alpha value is -0.680. The Morgan fingerprint density at radius 3 is 1.05 bits per heavy atom. The van der Waals surface area contributed by atoms with Crippen molar-refractivity contribution in [3.63, 3.8) is 0 Å². The number of aliphatic hydroxyl groups is 8. The van der Waals surface area contributed by atoms with Crippen LogP contribution in [0.2, 0.25) is 0 Å². The SMILES string of the molecule is COCC(O)COCC(O)COCC(O)COC(COCC(CO)OCC(O)COCC(O)COC)COC(CO)CO. The maximum absolute atomic E-state index is 10.2. The Morgan fingerprint density at radius 1 is 0.349 bits per heavy atom. The van der Waals surface area contributed by atoms with Crippen LogP contribution in [0.3, 0.4) is 0 Å². The van der Waals surface area contributed by atoms with Crippen LogP contribution in [-0.4, -0.2) is 210 Å². The van der Waals surface area contributed by atoms with Gasteiger partial charge in [0, 0.05) is 14.2 Å². The Bertz CT molecular complexity index is 588. The van der Waals surface area contributed by atoms with Crippen molar-refractivity contribution < 1.29 is 83.5 Å². The van der Waals surface area contributed by atoms with Crippen molar-refractivity contribution in [1.29, 1.82) is 0 Å². The summed E-state index contributed by atoms with van der Waals surface area (Å²) < 4.78 is 47.3. The molecule has 7 unspecified atom stereocenters. The van der Waals surface area contributed by atoms with E-state index in [1.54, 1.807) is 0 Å². The van der Waals surface area contributed by atoms with Crippen LogP contribution in [-0.2, 0) is 42.6 Å². The summed E-state index contributed by atoms with van der Waals surface area (Å²) in [4.78, 5) is 0. The van der Waals surface area contributed by atoms with Crippen molar-refractivity contribution in [1.82, 2.24) is 0 Å². The van der Waals surface area contributed by atoms with Gasteiger partial charge in [0.25, 0.3) is 0 Å². The number of aliphatic hydroxyl groups excluding tert-OH is 8. The minimum absolute atomic E-state index is 0.0100. The third-order valence-electron chi connectivity index (χ3n) is 5.36. The van der Waals surface area contributed by atoms with Gasteiger partial charge in [0.2, 0.25) is 0 Å². The third-order valence-corrected chi connectivity index (χ3v) is 5.36. The maximum atomic E-state index is 10.2. The predicted molar refractivity (Wildman–Crippen MR) is 148 cm³/mol. The zero-order valence-electron chi connectivity index (χ0n) is 25.2. The normalized spacial score (nSPS) is 17.1. The summed E-state index contributed by atoms with van der Waals surface area (Å²) in [6, 6.07) is 0. The number of methoxy groups -OCH3 is 2. The van der Waals surface area contributed by atoms with Crippen molar-refractivity contribution >= 4 is 0 Å². The highest BCUT2D eigenvalue weighted by atomic mass is 16.6.